The standard InChI is InChI=1S/C18H28N2O2/c1-6-11-20(15(5)21)12-10-17(22)19-18-14(4)8-7-9-16(18)13(2)3/h7-9,13H,6,10-12H2,1-5H3,(H,19,22). The van der Waals surface area contributed by atoms with Gasteiger partial charge in [-0.15, -0.1) is 0 Å². The topological polar surface area (TPSA) is 49.4 Å². The van der Waals surface area contributed by atoms with Crippen molar-refractivity contribution in [3.63, 3.8) is 0 Å². The number of hydrogen-bond acceptors (Lipinski definition) is 2. The Kier molecular flexibility index (Phi) is 7.09. The van der Waals surface area contributed by atoms with Crippen molar-refractivity contribution in [1.29, 1.82) is 0 Å². The number of carbonyl (C=O) groups excluding carboxylic acids is 2. The molecule has 122 valence electrons. The third-order valence-corrected chi connectivity index (χ3v) is 3.74. The minimum absolute atomic E-state index is 0.0217. The largest absolute Gasteiger partial charge is 0.342 e. The van der Waals surface area contributed by atoms with Crippen LogP contribution in [-0.2, 0) is 9.59 Å². The summed E-state index contributed by atoms with van der Waals surface area (Å²) in [5.41, 5.74) is 3.12. The van der Waals surface area contributed by atoms with E-state index in [2.05, 4.69) is 19.2 Å². The zero-order valence-corrected chi connectivity index (χ0v) is 14.4. The predicted octanol–water partition coefficient (Wildman–Crippen LogP) is 3.71. The molecule has 0 radical (unpaired) electrons. The van der Waals surface area contributed by atoms with Gasteiger partial charge in [-0.25, -0.2) is 0 Å². The molecule has 0 aliphatic rings. The van der Waals surface area contributed by atoms with E-state index in [0.717, 1.165) is 23.2 Å². The lowest BCUT2D eigenvalue weighted by Gasteiger charge is -2.21. The summed E-state index contributed by atoms with van der Waals surface area (Å²) in [5, 5.41) is 3.02. The Morgan fingerprint density at radius 2 is 1.91 bits per heavy atom. The molecule has 4 nitrogen and oxygen atoms in total. The van der Waals surface area contributed by atoms with Crippen LogP contribution >= 0.6 is 0 Å². The molecule has 1 aromatic rings. The number of amides is 2. The van der Waals surface area contributed by atoms with Gasteiger partial charge in [-0.1, -0.05) is 39.0 Å². The predicted molar refractivity (Wildman–Crippen MR) is 91.1 cm³/mol. The molecule has 4 heteroatoms. The molecule has 1 N–H and O–H groups in total. The lowest BCUT2D eigenvalue weighted by molar-refractivity contribution is -0.129. The lowest BCUT2D eigenvalue weighted by atomic mass is 9.98. The second kappa shape index (κ2) is 8.57. The number of benzene rings is 1. The molecule has 0 spiro atoms. The number of nitrogens with one attached hydrogen (secondary N) is 1. The Labute approximate surface area is 133 Å². The first kappa shape index (κ1) is 18.2. The van der Waals surface area contributed by atoms with Gasteiger partial charge in [0.25, 0.3) is 0 Å². The Bertz CT molecular complexity index is 524. The van der Waals surface area contributed by atoms with Crippen molar-refractivity contribution in [3.8, 4) is 0 Å². The molecule has 0 saturated carbocycles. The minimum Gasteiger partial charge on any atom is -0.342 e. The molecule has 0 aromatic heterocycles. The Morgan fingerprint density at radius 1 is 1.23 bits per heavy atom. The normalized spacial score (nSPS) is 10.6. The molecule has 0 saturated heterocycles. The quantitative estimate of drug-likeness (QED) is 0.835. The van der Waals surface area contributed by atoms with Crippen LogP contribution in [0.5, 0.6) is 0 Å². The molecular weight excluding hydrogens is 276 g/mol. The molecule has 0 unspecified atom stereocenters. The summed E-state index contributed by atoms with van der Waals surface area (Å²) >= 11 is 0. The van der Waals surface area contributed by atoms with Crippen LogP contribution in [0.15, 0.2) is 18.2 Å². The highest BCUT2D eigenvalue weighted by Crippen LogP contribution is 2.27. The Morgan fingerprint density at radius 3 is 2.45 bits per heavy atom. The number of anilines is 1. The summed E-state index contributed by atoms with van der Waals surface area (Å²) in [4.78, 5) is 25.4. The molecule has 0 aliphatic heterocycles. The molecule has 22 heavy (non-hydrogen) atoms. The van der Waals surface area contributed by atoms with Crippen molar-refractivity contribution in [2.45, 2.75) is 53.4 Å². The van der Waals surface area contributed by atoms with Crippen molar-refractivity contribution in [2.75, 3.05) is 18.4 Å². The zero-order chi connectivity index (χ0) is 16.7. The molecule has 0 bridgehead atoms. The van der Waals surface area contributed by atoms with Crippen molar-refractivity contribution in [3.05, 3.63) is 29.3 Å². The first-order valence-electron chi connectivity index (χ1n) is 8.01. The molecule has 0 atom stereocenters. The summed E-state index contributed by atoms with van der Waals surface area (Å²) in [6, 6.07) is 6.06. The fourth-order valence-electron chi connectivity index (χ4n) is 2.48. The van der Waals surface area contributed by atoms with Gasteiger partial charge in [0.05, 0.1) is 0 Å². The third-order valence-electron chi connectivity index (χ3n) is 3.74. The number of rotatable bonds is 7. The van der Waals surface area contributed by atoms with E-state index in [-0.39, 0.29) is 11.8 Å². The molecular formula is C18H28N2O2. The number of hydrogen-bond donors (Lipinski definition) is 1. The highest BCUT2D eigenvalue weighted by atomic mass is 16.2. The first-order valence-corrected chi connectivity index (χ1v) is 8.01. The SMILES string of the molecule is CCCN(CCC(=O)Nc1c(C)cccc1C(C)C)C(C)=O. The maximum Gasteiger partial charge on any atom is 0.226 e. The van der Waals surface area contributed by atoms with E-state index in [9.17, 15) is 9.59 Å². The van der Waals surface area contributed by atoms with Gasteiger partial charge in [-0.3, -0.25) is 9.59 Å². The molecule has 1 aromatic carbocycles. The summed E-state index contributed by atoms with van der Waals surface area (Å²) < 4.78 is 0. The van der Waals surface area contributed by atoms with Crippen LogP contribution < -0.4 is 5.32 Å². The molecule has 2 amide bonds. The average molecular weight is 304 g/mol. The van der Waals surface area contributed by atoms with Crippen molar-refractivity contribution in [2.24, 2.45) is 0 Å². The van der Waals surface area contributed by atoms with Gasteiger partial charge in [-0.2, -0.15) is 0 Å². The minimum atomic E-state index is -0.0430. The van der Waals surface area contributed by atoms with Gasteiger partial charge in [0, 0.05) is 32.1 Å². The monoisotopic (exact) mass is 304 g/mol. The first-order chi connectivity index (χ1) is 10.4. The Hall–Kier alpha value is -1.84. The fourth-order valence-corrected chi connectivity index (χ4v) is 2.48. The van der Waals surface area contributed by atoms with E-state index in [1.165, 1.54) is 0 Å². The van der Waals surface area contributed by atoms with E-state index >= 15 is 0 Å². The van der Waals surface area contributed by atoms with Gasteiger partial charge in [-0.05, 0) is 30.4 Å². The van der Waals surface area contributed by atoms with Crippen molar-refractivity contribution in [1.82, 2.24) is 4.90 Å². The van der Waals surface area contributed by atoms with E-state index in [1.807, 2.05) is 32.0 Å². The summed E-state index contributed by atoms with van der Waals surface area (Å²) in [6.45, 7) is 11.0. The van der Waals surface area contributed by atoms with Crippen molar-refractivity contribution < 1.29 is 9.59 Å². The number of para-hydroxylation sites is 1. The summed E-state index contributed by atoms with van der Waals surface area (Å²) in [5.74, 6) is 0.330. The molecule has 0 fully saturated rings. The number of carbonyl (C=O) groups is 2. The van der Waals surface area contributed by atoms with Crippen LogP contribution in [0, 0.1) is 6.92 Å². The average Bonchev–Trinajstić information content (AvgIpc) is 2.44. The number of nitrogens with zero attached hydrogens (tertiary/aromatic N) is 1. The Balaban J connectivity index is 2.71. The van der Waals surface area contributed by atoms with Crippen LogP contribution in [0.1, 0.15) is 57.6 Å². The van der Waals surface area contributed by atoms with Gasteiger partial charge in [0.2, 0.25) is 11.8 Å². The van der Waals surface area contributed by atoms with E-state index in [1.54, 1.807) is 11.8 Å². The second-order valence-corrected chi connectivity index (χ2v) is 6.00. The maximum atomic E-state index is 12.2. The number of aryl methyl sites for hydroxylation is 1. The van der Waals surface area contributed by atoms with Crippen LogP contribution in [-0.4, -0.2) is 29.8 Å². The summed E-state index contributed by atoms with van der Waals surface area (Å²) in [6.07, 6.45) is 1.22. The van der Waals surface area contributed by atoms with Crippen LogP contribution in [0.25, 0.3) is 0 Å². The smallest absolute Gasteiger partial charge is 0.226 e. The van der Waals surface area contributed by atoms with Crippen molar-refractivity contribution >= 4 is 17.5 Å². The molecule has 0 aliphatic carbocycles. The van der Waals surface area contributed by atoms with Crippen LogP contribution in [0.2, 0.25) is 0 Å². The highest BCUT2D eigenvalue weighted by molar-refractivity contribution is 5.92. The van der Waals surface area contributed by atoms with Gasteiger partial charge >= 0.3 is 0 Å². The second-order valence-electron chi connectivity index (χ2n) is 6.00. The van der Waals surface area contributed by atoms with Gasteiger partial charge in [0.1, 0.15) is 0 Å². The van der Waals surface area contributed by atoms with E-state index in [4.69, 9.17) is 0 Å². The van der Waals surface area contributed by atoms with E-state index < -0.39 is 0 Å². The summed E-state index contributed by atoms with van der Waals surface area (Å²) in [7, 11) is 0. The van der Waals surface area contributed by atoms with Crippen LogP contribution in [0.3, 0.4) is 0 Å². The lowest BCUT2D eigenvalue weighted by Crippen LogP contribution is -2.32. The third kappa shape index (κ3) is 5.17. The highest BCUT2D eigenvalue weighted by Gasteiger charge is 2.14. The fraction of sp³-hybridized carbons (Fsp3) is 0.556. The van der Waals surface area contributed by atoms with Gasteiger partial charge < -0.3 is 10.2 Å². The van der Waals surface area contributed by atoms with Crippen LogP contribution in [0.4, 0.5) is 5.69 Å². The maximum absolute atomic E-state index is 12.2. The van der Waals surface area contributed by atoms with E-state index in [0.29, 0.717) is 25.4 Å². The molecule has 0 heterocycles. The zero-order valence-electron chi connectivity index (χ0n) is 14.4. The van der Waals surface area contributed by atoms with Gasteiger partial charge in [0.15, 0.2) is 0 Å². The molecule has 1 rings (SSSR count).